The van der Waals surface area contributed by atoms with E-state index in [0.29, 0.717) is 5.76 Å². The minimum Gasteiger partial charge on any atom is -0.545 e. The van der Waals surface area contributed by atoms with Crippen molar-refractivity contribution in [2.24, 2.45) is 0 Å². The van der Waals surface area contributed by atoms with Crippen molar-refractivity contribution in [2.75, 3.05) is 0 Å². The standard InChI is InChI=1S/C14H9NO5/c16-12-10-4-3-8(14(18)19)6-11(10)13(17)15(12)7-9-2-1-5-20-9/h1-6H,7H2,(H,18,19)/p-1. The molecule has 6 nitrogen and oxygen atoms in total. The summed E-state index contributed by atoms with van der Waals surface area (Å²) in [5.74, 6) is -1.92. The molecule has 20 heavy (non-hydrogen) atoms. The van der Waals surface area contributed by atoms with Crippen LogP contribution in [0.15, 0.2) is 41.0 Å². The summed E-state index contributed by atoms with van der Waals surface area (Å²) in [5, 5.41) is 10.8. The molecular formula is C14H8NO5-. The molecule has 3 rings (SSSR count). The van der Waals surface area contributed by atoms with Gasteiger partial charge in [-0.25, -0.2) is 0 Å². The van der Waals surface area contributed by atoms with E-state index in [1.54, 1.807) is 12.1 Å². The zero-order valence-electron chi connectivity index (χ0n) is 10.2. The van der Waals surface area contributed by atoms with E-state index in [1.165, 1.54) is 18.4 Å². The van der Waals surface area contributed by atoms with Crippen LogP contribution in [0.5, 0.6) is 0 Å². The largest absolute Gasteiger partial charge is 0.545 e. The van der Waals surface area contributed by atoms with Crippen molar-refractivity contribution in [3.8, 4) is 0 Å². The molecule has 1 aliphatic heterocycles. The van der Waals surface area contributed by atoms with E-state index in [4.69, 9.17) is 4.42 Å². The molecule has 2 heterocycles. The van der Waals surface area contributed by atoms with Crippen molar-refractivity contribution >= 4 is 17.8 Å². The Kier molecular flexibility index (Phi) is 2.64. The minimum atomic E-state index is -1.39. The Morgan fingerprint density at radius 2 is 1.90 bits per heavy atom. The molecule has 6 heteroatoms. The van der Waals surface area contributed by atoms with Gasteiger partial charge in [0.1, 0.15) is 5.76 Å². The van der Waals surface area contributed by atoms with E-state index >= 15 is 0 Å². The molecular weight excluding hydrogens is 262 g/mol. The van der Waals surface area contributed by atoms with Crippen molar-refractivity contribution < 1.29 is 23.9 Å². The van der Waals surface area contributed by atoms with Gasteiger partial charge < -0.3 is 14.3 Å². The summed E-state index contributed by atoms with van der Waals surface area (Å²) in [5.41, 5.74) is 0.125. The predicted octanol–water partition coefficient (Wildman–Crippen LogP) is 0.439. The van der Waals surface area contributed by atoms with Crippen LogP contribution in [-0.4, -0.2) is 22.7 Å². The van der Waals surface area contributed by atoms with Crippen LogP contribution < -0.4 is 5.11 Å². The van der Waals surface area contributed by atoms with Crippen LogP contribution in [0.2, 0.25) is 0 Å². The average Bonchev–Trinajstić information content (AvgIpc) is 3.02. The molecule has 1 aliphatic rings. The smallest absolute Gasteiger partial charge is 0.261 e. The van der Waals surface area contributed by atoms with Gasteiger partial charge in [0, 0.05) is 0 Å². The molecule has 2 amide bonds. The van der Waals surface area contributed by atoms with Crippen LogP contribution in [0.3, 0.4) is 0 Å². The number of benzene rings is 1. The van der Waals surface area contributed by atoms with Crippen molar-refractivity contribution in [1.29, 1.82) is 0 Å². The van der Waals surface area contributed by atoms with Crippen molar-refractivity contribution in [1.82, 2.24) is 4.90 Å². The molecule has 0 saturated carbocycles. The van der Waals surface area contributed by atoms with Gasteiger partial charge in [-0.3, -0.25) is 14.5 Å². The van der Waals surface area contributed by atoms with E-state index in [2.05, 4.69) is 0 Å². The lowest BCUT2D eigenvalue weighted by Gasteiger charge is -2.11. The summed E-state index contributed by atoms with van der Waals surface area (Å²) < 4.78 is 5.10. The number of carboxylic acid groups (broad SMARTS) is 1. The number of imide groups is 1. The maximum Gasteiger partial charge on any atom is 0.261 e. The first-order valence-corrected chi connectivity index (χ1v) is 5.82. The van der Waals surface area contributed by atoms with Crippen LogP contribution in [0.1, 0.15) is 36.8 Å². The maximum atomic E-state index is 12.2. The van der Waals surface area contributed by atoms with Gasteiger partial charge in [0.25, 0.3) is 11.8 Å². The number of amides is 2. The second-order valence-electron chi connectivity index (χ2n) is 4.32. The number of aromatic carboxylic acids is 1. The van der Waals surface area contributed by atoms with Gasteiger partial charge in [-0.05, 0) is 29.8 Å². The quantitative estimate of drug-likeness (QED) is 0.755. The van der Waals surface area contributed by atoms with E-state index in [-0.39, 0.29) is 23.2 Å². The second kappa shape index (κ2) is 4.34. The highest BCUT2D eigenvalue weighted by atomic mass is 16.4. The van der Waals surface area contributed by atoms with Crippen LogP contribution in [0.4, 0.5) is 0 Å². The first-order valence-electron chi connectivity index (χ1n) is 5.82. The minimum absolute atomic E-state index is 0.0139. The number of carbonyl (C=O) groups excluding carboxylic acids is 3. The number of carboxylic acids is 1. The number of hydrogen-bond donors (Lipinski definition) is 0. The average molecular weight is 270 g/mol. The van der Waals surface area contributed by atoms with Crippen molar-refractivity contribution in [3.63, 3.8) is 0 Å². The number of furan rings is 1. The second-order valence-corrected chi connectivity index (χ2v) is 4.32. The van der Waals surface area contributed by atoms with E-state index in [9.17, 15) is 19.5 Å². The van der Waals surface area contributed by atoms with E-state index in [0.717, 1.165) is 11.0 Å². The van der Waals surface area contributed by atoms with E-state index in [1.807, 2.05) is 0 Å². The molecule has 0 bridgehead atoms. The third-order valence-corrected chi connectivity index (χ3v) is 3.10. The SMILES string of the molecule is O=C([O-])c1ccc2c(c1)C(=O)N(Cc1ccco1)C2=O. The fourth-order valence-electron chi connectivity index (χ4n) is 2.12. The molecule has 0 atom stereocenters. The van der Waals surface area contributed by atoms with Gasteiger partial charge >= 0.3 is 0 Å². The molecule has 100 valence electrons. The number of rotatable bonds is 3. The topological polar surface area (TPSA) is 90.7 Å². The van der Waals surface area contributed by atoms with Crippen LogP contribution in [0.25, 0.3) is 0 Å². The number of fused-ring (bicyclic) bond motifs is 1. The molecule has 0 saturated heterocycles. The Bertz CT molecular complexity index is 717. The zero-order chi connectivity index (χ0) is 14.3. The summed E-state index contributed by atoms with van der Waals surface area (Å²) in [6.07, 6.45) is 1.45. The zero-order valence-corrected chi connectivity index (χ0v) is 10.2. The Balaban J connectivity index is 1.97. The lowest BCUT2D eigenvalue weighted by atomic mass is 10.1. The lowest BCUT2D eigenvalue weighted by molar-refractivity contribution is -0.255. The van der Waals surface area contributed by atoms with Gasteiger partial charge in [0.2, 0.25) is 0 Å². The Morgan fingerprint density at radius 1 is 1.15 bits per heavy atom. The summed E-state index contributed by atoms with van der Waals surface area (Å²) in [6.45, 7) is 0.0139. The molecule has 2 aromatic rings. The molecule has 0 N–H and O–H groups in total. The Labute approximate surface area is 113 Å². The van der Waals surface area contributed by atoms with Gasteiger partial charge in [-0.2, -0.15) is 0 Å². The molecule has 0 fully saturated rings. The van der Waals surface area contributed by atoms with Crippen LogP contribution in [0, 0.1) is 0 Å². The fraction of sp³-hybridized carbons (Fsp3) is 0.0714. The van der Waals surface area contributed by atoms with Gasteiger partial charge in [-0.15, -0.1) is 0 Å². The maximum absolute atomic E-state index is 12.2. The Hall–Kier alpha value is -2.89. The van der Waals surface area contributed by atoms with Gasteiger partial charge in [0.05, 0.1) is 29.9 Å². The summed E-state index contributed by atoms with van der Waals surface area (Å²) in [4.78, 5) is 36.1. The highest BCUT2D eigenvalue weighted by Crippen LogP contribution is 2.25. The van der Waals surface area contributed by atoms with E-state index < -0.39 is 17.8 Å². The monoisotopic (exact) mass is 270 g/mol. The highest BCUT2D eigenvalue weighted by Gasteiger charge is 2.36. The number of hydrogen-bond acceptors (Lipinski definition) is 5. The first kappa shape index (κ1) is 12.2. The summed E-state index contributed by atoms with van der Waals surface area (Å²) in [6, 6.07) is 7.03. The fourth-order valence-corrected chi connectivity index (χ4v) is 2.12. The van der Waals surface area contributed by atoms with Crippen molar-refractivity contribution in [2.45, 2.75) is 6.54 Å². The molecule has 1 aromatic carbocycles. The summed E-state index contributed by atoms with van der Waals surface area (Å²) >= 11 is 0. The van der Waals surface area contributed by atoms with Gasteiger partial charge in [0.15, 0.2) is 0 Å². The third-order valence-electron chi connectivity index (χ3n) is 3.10. The lowest BCUT2D eigenvalue weighted by Crippen LogP contribution is -2.28. The van der Waals surface area contributed by atoms with Gasteiger partial charge in [-0.1, -0.05) is 6.07 Å². The molecule has 1 aromatic heterocycles. The van der Waals surface area contributed by atoms with Crippen LogP contribution in [-0.2, 0) is 6.54 Å². The normalized spacial score (nSPS) is 13.7. The highest BCUT2D eigenvalue weighted by molar-refractivity contribution is 6.21. The van der Waals surface area contributed by atoms with Crippen LogP contribution >= 0.6 is 0 Å². The predicted molar refractivity (Wildman–Crippen MR) is 63.7 cm³/mol. The third kappa shape index (κ3) is 1.78. The first-order chi connectivity index (χ1) is 9.58. The molecule has 0 spiro atoms. The molecule has 0 aliphatic carbocycles. The molecule has 0 radical (unpaired) electrons. The van der Waals surface area contributed by atoms with Crippen molar-refractivity contribution in [3.05, 3.63) is 59.0 Å². The number of carbonyl (C=O) groups is 3. The summed E-state index contributed by atoms with van der Waals surface area (Å²) in [7, 11) is 0. The number of nitrogens with zero attached hydrogens (tertiary/aromatic N) is 1. The Morgan fingerprint density at radius 3 is 2.55 bits per heavy atom. The molecule has 0 unspecified atom stereocenters.